The Morgan fingerprint density at radius 2 is 2.19 bits per heavy atom. The van der Waals surface area contributed by atoms with Gasteiger partial charge in [0.15, 0.2) is 0 Å². The van der Waals surface area contributed by atoms with Crippen molar-refractivity contribution in [2.45, 2.75) is 45.7 Å². The molecule has 1 aliphatic rings. The second-order valence-corrected chi connectivity index (χ2v) is 5.05. The number of hydrogen-bond donors (Lipinski definition) is 2. The molecular weight excluding hydrogens is 204 g/mol. The minimum Gasteiger partial charge on any atom is -0.395 e. The zero-order valence-electron chi connectivity index (χ0n) is 10.6. The molecule has 1 heterocycles. The highest BCUT2D eigenvalue weighted by atomic mass is 16.3. The van der Waals surface area contributed by atoms with Crippen LogP contribution >= 0.6 is 0 Å². The van der Waals surface area contributed by atoms with Gasteiger partial charge in [0.05, 0.1) is 13.2 Å². The lowest BCUT2D eigenvalue weighted by Crippen LogP contribution is -2.45. The van der Waals surface area contributed by atoms with Crippen molar-refractivity contribution in [1.82, 2.24) is 10.2 Å². The van der Waals surface area contributed by atoms with E-state index in [0.717, 1.165) is 19.4 Å². The summed E-state index contributed by atoms with van der Waals surface area (Å²) >= 11 is 0. The molecule has 4 nitrogen and oxygen atoms in total. The second-order valence-electron chi connectivity index (χ2n) is 5.05. The number of hydrogen-bond acceptors (Lipinski definition) is 3. The summed E-state index contributed by atoms with van der Waals surface area (Å²) in [5.41, 5.74) is 0. The first kappa shape index (κ1) is 13.5. The van der Waals surface area contributed by atoms with Gasteiger partial charge in [-0.2, -0.15) is 0 Å². The Labute approximate surface area is 98.0 Å². The van der Waals surface area contributed by atoms with Gasteiger partial charge in [0, 0.05) is 12.1 Å². The van der Waals surface area contributed by atoms with Gasteiger partial charge in [0.25, 0.3) is 0 Å². The third-order valence-electron chi connectivity index (χ3n) is 3.45. The van der Waals surface area contributed by atoms with Crippen LogP contribution in [0.15, 0.2) is 0 Å². The minimum atomic E-state index is 0.0709. The summed E-state index contributed by atoms with van der Waals surface area (Å²) in [6, 6.07) is 0.391. The van der Waals surface area contributed by atoms with Gasteiger partial charge in [-0.1, -0.05) is 13.8 Å². The monoisotopic (exact) mass is 228 g/mol. The smallest absolute Gasteiger partial charge is 0.234 e. The van der Waals surface area contributed by atoms with Crippen LogP contribution < -0.4 is 5.32 Å². The Bertz CT molecular complexity index is 231. The van der Waals surface area contributed by atoms with Crippen molar-refractivity contribution in [2.24, 2.45) is 5.92 Å². The van der Waals surface area contributed by atoms with E-state index < -0.39 is 0 Å². The summed E-state index contributed by atoms with van der Waals surface area (Å²) in [7, 11) is 0. The predicted octanol–water partition coefficient (Wildman–Crippen LogP) is 0.604. The summed E-state index contributed by atoms with van der Waals surface area (Å²) in [5.74, 6) is 0.526. The molecule has 4 heteroatoms. The first-order valence-electron chi connectivity index (χ1n) is 6.19. The molecule has 0 aromatic rings. The van der Waals surface area contributed by atoms with Crippen molar-refractivity contribution in [3.63, 3.8) is 0 Å². The van der Waals surface area contributed by atoms with Gasteiger partial charge < -0.3 is 10.4 Å². The van der Waals surface area contributed by atoms with Gasteiger partial charge in [-0.25, -0.2) is 0 Å². The quantitative estimate of drug-likeness (QED) is 0.724. The van der Waals surface area contributed by atoms with E-state index in [1.54, 1.807) is 0 Å². The summed E-state index contributed by atoms with van der Waals surface area (Å²) in [5, 5.41) is 12.1. The van der Waals surface area contributed by atoms with Crippen LogP contribution in [0.25, 0.3) is 0 Å². The van der Waals surface area contributed by atoms with Gasteiger partial charge >= 0.3 is 0 Å². The van der Waals surface area contributed by atoms with E-state index in [9.17, 15) is 4.79 Å². The van der Waals surface area contributed by atoms with E-state index in [0.29, 0.717) is 12.5 Å². The molecule has 1 unspecified atom stereocenters. The highest BCUT2D eigenvalue weighted by molar-refractivity contribution is 5.78. The largest absolute Gasteiger partial charge is 0.395 e. The van der Waals surface area contributed by atoms with Crippen molar-refractivity contribution < 1.29 is 9.90 Å². The Kier molecular flexibility index (Phi) is 5.22. The van der Waals surface area contributed by atoms with Crippen molar-refractivity contribution in [2.75, 3.05) is 19.7 Å². The first-order valence-corrected chi connectivity index (χ1v) is 6.19. The summed E-state index contributed by atoms with van der Waals surface area (Å²) in [4.78, 5) is 13.8. The van der Waals surface area contributed by atoms with E-state index >= 15 is 0 Å². The molecule has 2 atom stereocenters. The van der Waals surface area contributed by atoms with Gasteiger partial charge in [-0.15, -0.1) is 0 Å². The van der Waals surface area contributed by atoms with E-state index in [-0.39, 0.29) is 24.6 Å². The van der Waals surface area contributed by atoms with E-state index in [1.165, 1.54) is 0 Å². The highest BCUT2D eigenvalue weighted by Gasteiger charge is 2.25. The lowest BCUT2D eigenvalue weighted by Gasteiger charge is -2.24. The fraction of sp³-hybridized carbons (Fsp3) is 0.917. The standard InChI is InChI=1S/C12H24N2O2/c1-9(2)10(3)13-12(16)7-14-6-4-5-11(14)8-15/h9-11,15H,4-8H2,1-3H3,(H,13,16)/t10?,11-/m1/s1. The average Bonchev–Trinajstić information content (AvgIpc) is 2.64. The molecule has 0 spiro atoms. The average molecular weight is 228 g/mol. The van der Waals surface area contributed by atoms with E-state index in [4.69, 9.17) is 5.11 Å². The maximum Gasteiger partial charge on any atom is 0.234 e. The Morgan fingerprint density at radius 1 is 1.50 bits per heavy atom. The summed E-state index contributed by atoms with van der Waals surface area (Å²) in [6.45, 7) is 7.72. The fourth-order valence-corrected chi connectivity index (χ4v) is 1.96. The molecule has 1 saturated heterocycles. The van der Waals surface area contributed by atoms with Gasteiger partial charge in [-0.3, -0.25) is 9.69 Å². The number of nitrogens with zero attached hydrogens (tertiary/aromatic N) is 1. The molecule has 16 heavy (non-hydrogen) atoms. The van der Waals surface area contributed by atoms with Gasteiger partial charge in [0.2, 0.25) is 5.91 Å². The first-order chi connectivity index (χ1) is 7.54. The Balaban J connectivity index is 2.33. The van der Waals surface area contributed by atoms with E-state index in [1.807, 2.05) is 6.92 Å². The van der Waals surface area contributed by atoms with Gasteiger partial charge in [-0.05, 0) is 32.2 Å². The molecule has 0 saturated carbocycles. The van der Waals surface area contributed by atoms with Crippen LogP contribution in [0.1, 0.15) is 33.6 Å². The Morgan fingerprint density at radius 3 is 2.75 bits per heavy atom. The SMILES string of the molecule is CC(C)C(C)NC(=O)CN1CCC[C@@H]1CO. The molecule has 0 bridgehead atoms. The van der Waals surface area contributed by atoms with Crippen molar-refractivity contribution in [3.05, 3.63) is 0 Å². The van der Waals surface area contributed by atoms with Crippen LogP contribution in [0.3, 0.4) is 0 Å². The van der Waals surface area contributed by atoms with Crippen LogP contribution in [0.4, 0.5) is 0 Å². The number of likely N-dealkylation sites (tertiary alicyclic amines) is 1. The third kappa shape index (κ3) is 3.76. The van der Waals surface area contributed by atoms with Crippen LogP contribution in [-0.2, 0) is 4.79 Å². The summed E-state index contributed by atoms with van der Waals surface area (Å²) in [6.07, 6.45) is 2.09. The van der Waals surface area contributed by atoms with Crippen molar-refractivity contribution in [3.8, 4) is 0 Å². The zero-order valence-corrected chi connectivity index (χ0v) is 10.6. The van der Waals surface area contributed by atoms with Gasteiger partial charge in [0.1, 0.15) is 0 Å². The Hall–Kier alpha value is -0.610. The zero-order chi connectivity index (χ0) is 12.1. The molecule has 2 N–H and O–H groups in total. The lowest BCUT2D eigenvalue weighted by molar-refractivity contribution is -0.123. The maximum atomic E-state index is 11.7. The molecule has 1 fully saturated rings. The molecule has 1 aliphatic heterocycles. The molecular formula is C12H24N2O2. The second kappa shape index (κ2) is 6.21. The molecule has 94 valence electrons. The van der Waals surface area contributed by atoms with Crippen LogP contribution in [0.5, 0.6) is 0 Å². The van der Waals surface area contributed by atoms with Crippen molar-refractivity contribution >= 4 is 5.91 Å². The molecule has 0 aliphatic carbocycles. The molecule has 0 aromatic carbocycles. The molecule has 0 aromatic heterocycles. The molecule has 1 amide bonds. The molecule has 0 radical (unpaired) electrons. The number of aliphatic hydroxyl groups excluding tert-OH is 1. The number of nitrogens with one attached hydrogen (secondary N) is 1. The highest BCUT2D eigenvalue weighted by Crippen LogP contribution is 2.15. The number of aliphatic hydroxyl groups is 1. The van der Waals surface area contributed by atoms with Crippen LogP contribution in [-0.4, -0.2) is 47.7 Å². The fourth-order valence-electron chi connectivity index (χ4n) is 1.96. The number of rotatable bonds is 5. The summed E-state index contributed by atoms with van der Waals surface area (Å²) < 4.78 is 0. The number of carbonyl (C=O) groups excluding carboxylic acids is 1. The van der Waals surface area contributed by atoms with Crippen molar-refractivity contribution in [1.29, 1.82) is 0 Å². The third-order valence-corrected chi connectivity index (χ3v) is 3.45. The maximum absolute atomic E-state index is 11.7. The van der Waals surface area contributed by atoms with Crippen LogP contribution in [0, 0.1) is 5.92 Å². The normalized spacial score (nSPS) is 23.7. The lowest BCUT2D eigenvalue weighted by atomic mass is 10.1. The molecule has 1 rings (SSSR count). The topological polar surface area (TPSA) is 52.6 Å². The van der Waals surface area contributed by atoms with Crippen LogP contribution in [0.2, 0.25) is 0 Å². The van der Waals surface area contributed by atoms with E-state index in [2.05, 4.69) is 24.1 Å². The predicted molar refractivity (Wildman–Crippen MR) is 64.1 cm³/mol. The number of carbonyl (C=O) groups is 1. The minimum absolute atomic E-state index is 0.0709. The number of amides is 1.